The van der Waals surface area contributed by atoms with Crippen molar-refractivity contribution in [1.82, 2.24) is 5.32 Å². The van der Waals surface area contributed by atoms with Gasteiger partial charge in [-0.2, -0.15) is 0 Å². The first-order valence-electron chi connectivity index (χ1n) is 4.43. The van der Waals surface area contributed by atoms with Crippen LogP contribution in [0, 0.1) is 5.82 Å². The fraction of sp³-hybridized carbons (Fsp3) is 0.273. The highest BCUT2D eigenvalue weighted by Crippen LogP contribution is 2.22. The molecule has 1 aromatic carbocycles. The Morgan fingerprint density at radius 3 is 2.93 bits per heavy atom. The Morgan fingerprint density at radius 1 is 1.50 bits per heavy atom. The molecular weight excluding hydrogens is 181 g/mol. The maximum atomic E-state index is 13.2. The number of likely N-dealkylation sites (N-methyl/N-ethyl adjacent to an activating group) is 1. The fourth-order valence-corrected chi connectivity index (χ4v) is 1.18. The second-order valence-electron chi connectivity index (χ2n) is 2.82. The predicted octanol–water partition coefficient (Wildman–Crippen LogP) is 2.07. The molecule has 14 heavy (non-hydrogen) atoms. The lowest BCUT2D eigenvalue weighted by atomic mass is 10.2. The molecule has 0 heterocycles. The van der Waals surface area contributed by atoms with Crippen LogP contribution < -0.4 is 10.1 Å². The molecule has 0 atom stereocenters. The van der Waals surface area contributed by atoms with Crippen LogP contribution in [0.5, 0.6) is 5.75 Å². The summed E-state index contributed by atoms with van der Waals surface area (Å²) in [6, 6.07) is 4.86. The van der Waals surface area contributed by atoms with E-state index in [9.17, 15) is 4.39 Å². The molecule has 0 aliphatic heterocycles. The van der Waals surface area contributed by atoms with Crippen LogP contribution in [0.15, 0.2) is 24.3 Å². The van der Waals surface area contributed by atoms with Gasteiger partial charge < -0.3 is 10.1 Å². The Morgan fingerprint density at radius 2 is 2.29 bits per heavy atom. The van der Waals surface area contributed by atoms with Gasteiger partial charge in [-0.1, -0.05) is 24.3 Å². The summed E-state index contributed by atoms with van der Waals surface area (Å²) in [6.45, 7) is 0.750. The van der Waals surface area contributed by atoms with E-state index in [1.165, 1.54) is 13.2 Å². The van der Waals surface area contributed by atoms with Crippen molar-refractivity contribution in [3.05, 3.63) is 35.7 Å². The van der Waals surface area contributed by atoms with Crippen molar-refractivity contribution in [2.75, 3.05) is 20.7 Å². The quantitative estimate of drug-likeness (QED) is 0.794. The second-order valence-corrected chi connectivity index (χ2v) is 2.82. The maximum absolute atomic E-state index is 13.2. The van der Waals surface area contributed by atoms with Gasteiger partial charge in [-0.3, -0.25) is 0 Å². The molecule has 1 rings (SSSR count). The van der Waals surface area contributed by atoms with Crippen molar-refractivity contribution in [3.63, 3.8) is 0 Å². The molecule has 0 bridgehead atoms. The summed E-state index contributed by atoms with van der Waals surface area (Å²) in [5.41, 5.74) is 0.753. The van der Waals surface area contributed by atoms with E-state index in [0.717, 1.165) is 12.1 Å². The van der Waals surface area contributed by atoms with Crippen LogP contribution in [0.3, 0.4) is 0 Å². The molecule has 0 radical (unpaired) electrons. The van der Waals surface area contributed by atoms with Crippen LogP contribution in [0.25, 0.3) is 6.08 Å². The van der Waals surface area contributed by atoms with Gasteiger partial charge in [0.15, 0.2) is 11.6 Å². The number of hydrogen-bond donors (Lipinski definition) is 1. The van der Waals surface area contributed by atoms with E-state index >= 15 is 0 Å². The number of hydrogen-bond acceptors (Lipinski definition) is 2. The zero-order valence-corrected chi connectivity index (χ0v) is 8.38. The molecule has 0 fully saturated rings. The number of ether oxygens (including phenoxy) is 1. The van der Waals surface area contributed by atoms with Crippen molar-refractivity contribution in [2.24, 2.45) is 0 Å². The first kappa shape index (κ1) is 10.7. The molecule has 76 valence electrons. The molecule has 0 aliphatic rings. The summed E-state index contributed by atoms with van der Waals surface area (Å²) < 4.78 is 18.1. The van der Waals surface area contributed by atoms with E-state index in [1.54, 1.807) is 6.07 Å². The number of methoxy groups -OCH3 is 1. The molecule has 1 aromatic rings. The number of benzene rings is 1. The average Bonchev–Trinajstić information content (AvgIpc) is 2.18. The van der Waals surface area contributed by atoms with Crippen molar-refractivity contribution >= 4 is 6.08 Å². The summed E-state index contributed by atoms with van der Waals surface area (Å²) in [6.07, 6.45) is 3.75. The van der Waals surface area contributed by atoms with E-state index in [-0.39, 0.29) is 5.82 Å². The van der Waals surface area contributed by atoms with Gasteiger partial charge in [0.1, 0.15) is 0 Å². The van der Waals surface area contributed by atoms with Crippen LogP contribution in [-0.2, 0) is 0 Å². The minimum absolute atomic E-state index is 0.292. The van der Waals surface area contributed by atoms with E-state index in [2.05, 4.69) is 5.32 Å². The van der Waals surface area contributed by atoms with Gasteiger partial charge in [0, 0.05) is 12.1 Å². The van der Waals surface area contributed by atoms with E-state index in [4.69, 9.17) is 4.74 Å². The zero-order valence-electron chi connectivity index (χ0n) is 8.38. The predicted molar refractivity (Wildman–Crippen MR) is 55.9 cm³/mol. The largest absolute Gasteiger partial charge is 0.493 e. The Hall–Kier alpha value is -1.35. The first-order chi connectivity index (χ1) is 6.79. The molecule has 0 aromatic heterocycles. The van der Waals surface area contributed by atoms with Crippen molar-refractivity contribution in [3.8, 4) is 5.75 Å². The molecule has 0 saturated carbocycles. The number of rotatable bonds is 4. The van der Waals surface area contributed by atoms with Gasteiger partial charge in [0.25, 0.3) is 0 Å². The standard InChI is InChI=1S/C11H14FNO/c1-13-8-4-6-9-5-3-7-10(12)11(9)14-2/h3-7,13H,8H2,1-2H3. The Kier molecular flexibility index (Phi) is 4.13. The molecule has 0 saturated heterocycles. The number of halogens is 1. The number of nitrogens with one attached hydrogen (secondary N) is 1. The first-order valence-corrected chi connectivity index (χ1v) is 4.43. The van der Waals surface area contributed by atoms with Gasteiger partial charge in [-0.05, 0) is 13.1 Å². The third-order valence-corrected chi connectivity index (χ3v) is 1.82. The van der Waals surface area contributed by atoms with Crippen LogP contribution in [0.4, 0.5) is 4.39 Å². The van der Waals surface area contributed by atoms with E-state index in [0.29, 0.717) is 5.75 Å². The van der Waals surface area contributed by atoms with E-state index < -0.39 is 0 Å². The lowest BCUT2D eigenvalue weighted by Crippen LogP contribution is -2.03. The number of para-hydroxylation sites is 1. The fourth-order valence-electron chi connectivity index (χ4n) is 1.18. The highest BCUT2D eigenvalue weighted by Gasteiger charge is 2.04. The zero-order chi connectivity index (χ0) is 10.4. The summed E-state index contributed by atoms with van der Waals surface area (Å²) in [7, 11) is 3.32. The minimum atomic E-state index is -0.334. The topological polar surface area (TPSA) is 21.3 Å². The summed E-state index contributed by atoms with van der Waals surface area (Å²) in [4.78, 5) is 0. The molecule has 1 N–H and O–H groups in total. The van der Waals surface area contributed by atoms with Crippen molar-refractivity contribution < 1.29 is 9.13 Å². The molecule has 0 unspecified atom stereocenters. The molecular formula is C11H14FNO. The van der Waals surface area contributed by atoms with Crippen molar-refractivity contribution in [1.29, 1.82) is 0 Å². The van der Waals surface area contributed by atoms with Gasteiger partial charge in [0.05, 0.1) is 7.11 Å². The van der Waals surface area contributed by atoms with Crippen LogP contribution in [0.1, 0.15) is 5.56 Å². The van der Waals surface area contributed by atoms with Gasteiger partial charge in [-0.15, -0.1) is 0 Å². The SMILES string of the molecule is CNCC=Cc1cccc(F)c1OC. The lowest BCUT2D eigenvalue weighted by molar-refractivity contribution is 0.385. The third-order valence-electron chi connectivity index (χ3n) is 1.82. The minimum Gasteiger partial charge on any atom is -0.493 e. The lowest BCUT2D eigenvalue weighted by Gasteiger charge is -2.05. The van der Waals surface area contributed by atoms with Gasteiger partial charge >= 0.3 is 0 Å². The summed E-state index contributed by atoms with van der Waals surface area (Å²) in [5, 5.41) is 2.97. The van der Waals surface area contributed by atoms with Gasteiger partial charge in [-0.25, -0.2) is 4.39 Å². The smallest absolute Gasteiger partial charge is 0.165 e. The second kappa shape index (κ2) is 5.40. The summed E-state index contributed by atoms with van der Waals surface area (Å²) >= 11 is 0. The Balaban J connectivity index is 2.90. The maximum Gasteiger partial charge on any atom is 0.165 e. The molecule has 0 spiro atoms. The molecule has 2 nitrogen and oxygen atoms in total. The van der Waals surface area contributed by atoms with Gasteiger partial charge in [0.2, 0.25) is 0 Å². The van der Waals surface area contributed by atoms with E-state index in [1.807, 2.05) is 25.3 Å². The monoisotopic (exact) mass is 195 g/mol. The van der Waals surface area contributed by atoms with Crippen LogP contribution >= 0.6 is 0 Å². The summed E-state index contributed by atoms with van der Waals surface area (Å²) in [5.74, 6) is -0.0426. The van der Waals surface area contributed by atoms with Crippen LogP contribution in [0.2, 0.25) is 0 Å². The molecule has 3 heteroatoms. The average molecular weight is 195 g/mol. The Bertz CT molecular complexity index is 323. The third kappa shape index (κ3) is 2.57. The molecule has 0 aliphatic carbocycles. The van der Waals surface area contributed by atoms with Crippen LogP contribution in [-0.4, -0.2) is 20.7 Å². The highest BCUT2D eigenvalue weighted by molar-refractivity contribution is 5.57. The molecule has 0 amide bonds. The normalized spacial score (nSPS) is 10.8. The van der Waals surface area contributed by atoms with Crippen molar-refractivity contribution in [2.45, 2.75) is 0 Å². The Labute approximate surface area is 83.4 Å². The highest BCUT2D eigenvalue weighted by atomic mass is 19.1.